The third-order valence-corrected chi connectivity index (χ3v) is 5.93. The number of methoxy groups -OCH3 is 1. The van der Waals surface area contributed by atoms with Gasteiger partial charge in [-0.05, 0) is 49.2 Å². The van der Waals surface area contributed by atoms with Crippen molar-refractivity contribution in [3.63, 3.8) is 0 Å². The number of likely N-dealkylation sites (tertiary alicyclic amines) is 1. The fourth-order valence-electron chi connectivity index (χ4n) is 4.14. The maximum atomic E-state index is 13.2. The SMILES string of the molecule is COc1ccc(Oc2nccnc2[C@H]2CCCN(C(=O)c3ccc(-c4cncnc4)nc3)C2)cc1. The van der Waals surface area contributed by atoms with Crippen molar-refractivity contribution < 1.29 is 14.3 Å². The lowest BCUT2D eigenvalue weighted by molar-refractivity contribution is 0.0704. The molecule has 4 heterocycles. The molecule has 1 atom stereocenters. The van der Waals surface area contributed by atoms with E-state index in [0.29, 0.717) is 30.3 Å². The molecule has 0 spiro atoms. The Labute approximate surface area is 202 Å². The summed E-state index contributed by atoms with van der Waals surface area (Å²) in [6.45, 7) is 1.21. The zero-order chi connectivity index (χ0) is 24.0. The highest BCUT2D eigenvalue weighted by molar-refractivity contribution is 5.94. The third-order valence-electron chi connectivity index (χ3n) is 5.93. The number of rotatable bonds is 6. The van der Waals surface area contributed by atoms with Crippen LogP contribution >= 0.6 is 0 Å². The lowest BCUT2D eigenvalue weighted by Gasteiger charge is -2.32. The second-order valence-electron chi connectivity index (χ2n) is 8.17. The number of ether oxygens (including phenoxy) is 2. The average Bonchev–Trinajstić information content (AvgIpc) is 2.94. The summed E-state index contributed by atoms with van der Waals surface area (Å²) in [4.78, 5) is 36.6. The molecule has 1 amide bonds. The Morgan fingerprint density at radius 3 is 2.46 bits per heavy atom. The van der Waals surface area contributed by atoms with Crippen LogP contribution in [0.3, 0.4) is 0 Å². The van der Waals surface area contributed by atoms with E-state index in [1.807, 2.05) is 35.2 Å². The number of pyridine rings is 1. The Morgan fingerprint density at radius 2 is 1.71 bits per heavy atom. The molecule has 176 valence electrons. The molecule has 0 radical (unpaired) electrons. The summed E-state index contributed by atoms with van der Waals surface area (Å²) in [5.41, 5.74) is 2.81. The minimum absolute atomic E-state index is 0.0170. The summed E-state index contributed by atoms with van der Waals surface area (Å²) in [6.07, 6.45) is 11.5. The molecule has 3 aromatic heterocycles. The standard InChI is InChI=1S/C26H24N6O3/c1-34-21-5-7-22(8-6-21)35-25-24(29-10-11-30-25)19-3-2-12-32(16-19)26(33)18-4-9-23(31-15-18)20-13-27-17-28-14-20/h4-11,13-15,17,19H,2-3,12,16H2,1H3/t19-/m0/s1. The number of carbonyl (C=O) groups excluding carboxylic acids is 1. The molecule has 0 N–H and O–H groups in total. The van der Waals surface area contributed by atoms with Crippen molar-refractivity contribution in [2.45, 2.75) is 18.8 Å². The van der Waals surface area contributed by atoms with Crippen LogP contribution in [0.1, 0.15) is 34.8 Å². The molecular weight excluding hydrogens is 444 g/mol. The van der Waals surface area contributed by atoms with Crippen LogP contribution in [0.4, 0.5) is 0 Å². The number of piperidine rings is 1. The van der Waals surface area contributed by atoms with Crippen LogP contribution in [0.15, 0.2) is 73.7 Å². The summed E-state index contributed by atoms with van der Waals surface area (Å²) >= 11 is 0. The summed E-state index contributed by atoms with van der Waals surface area (Å²) in [5.74, 6) is 1.81. The van der Waals surface area contributed by atoms with Crippen LogP contribution in [0.2, 0.25) is 0 Å². The lowest BCUT2D eigenvalue weighted by atomic mass is 9.94. The molecule has 4 aromatic rings. The van der Waals surface area contributed by atoms with Gasteiger partial charge in [0.05, 0.1) is 18.4 Å². The first-order valence-corrected chi connectivity index (χ1v) is 11.3. The maximum absolute atomic E-state index is 13.2. The molecular formula is C26H24N6O3. The number of amides is 1. The van der Waals surface area contributed by atoms with Crippen molar-refractivity contribution in [2.75, 3.05) is 20.2 Å². The van der Waals surface area contributed by atoms with Crippen LogP contribution < -0.4 is 9.47 Å². The Kier molecular flexibility index (Phi) is 6.56. The zero-order valence-corrected chi connectivity index (χ0v) is 19.2. The van der Waals surface area contributed by atoms with Gasteiger partial charge in [0.2, 0.25) is 5.88 Å². The van der Waals surface area contributed by atoms with E-state index in [1.54, 1.807) is 44.2 Å². The molecule has 35 heavy (non-hydrogen) atoms. The number of hydrogen-bond acceptors (Lipinski definition) is 8. The number of nitrogens with zero attached hydrogens (tertiary/aromatic N) is 6. The fourth-order valence-corrected chi connectivity index (χ4v) is 4.14. The van der Waals surface area contributed by atoms with E-state index in [2.05, 4.69) is 24.9 Å². The van der Waals surface area contributed by atoms with Crippen molar-refractivity contribution in [3.8, 4) is 28.6 Å². The Hall–Kier alpha value is -4.40. The van der Waals surface area contributed by atoms with E-state index in [4.69, 9.17) is 9.47 Å². The van der Waals surface area contributed by atoms with E-state index in [0.717, 1.165) is 35.5 Å². The molecule has 1 aliphatic rings. The minimum Gasteiger partial charge on any atom is -0.497 e. The first kappa shape index (κ1) is 22.4. The van der Waals surface area contributed by atoms with Crippen molar-refractivity contribution in [3.05, 3.63) is 85.0 Å². The van der Waals surface area contributed by atoms with Gasteiger partial charge in [0.15, 0.2) is 0 Å². The maximum Gasteiger partial charge on any atom is 0.255 e. The molecule has 0 aliphatic carbocycles. The van der Waals surface area contributed by atoms with Gasteiger partial charge in [-0.1, -0.05) is 0 Å². The highest BCUT2D eigenvalue weighted by Gasteiger charge is 2.29. The quantitative estimate of drug-likeness (QED) is 0.416. The molecule has 0 saturated carbocycles. The molecule has 9 heteroatoms. The molecule has 1 aromatic carbocycles. The molecule has 9 nitrogen and oxygen atoms in total. The first-order valence-electron chi connectivity index (χ1n) is 11.3. The summed E-state index contributed by atoms with van der Waals surface area (Å²) in [6, 6.07) is 10.9. The largest absolute Gasteiger partial charge is 0.497 e. The second kappa shape index (κ2) is 10.3. The van der Waals surface area contributed by atoms with Crippen molar-refractivity contribution in [2.24, 2.45) is 0 Å². The van der Waals surface area contributed by atoms with Crippen molar-refractivity contribution in [1.82, 2.24) is 29.8 Å². The zero-order valence-electron chi connectivity index (χ0n) is 19.2. The second-order valence-corrected chi connectivity index (χ2v) is 8.17. The highest BCUT2D eigenvalue weighted by atomic mass is 16.5. The van der Waals surface area contributed by atoms with Crippen molar-refractivity contribution >= 4 is 5.91 Å². The van der Waals surface area contributed by atoms with Gasteiger partial charge < -0.3 is 14.4 Å². The van der Waals surface area contributed by atoms with E-state index in [1.165, 1.54) is 6.33 Å². The van der Waals surface area contributed by atoms with Crippen molar-refractivity contribution in [1.29, 1.82) is 0 Å². The van der Waals surface area contributed by atoms with Gasteiger partial charge in [0.25, 0.3) is 5.91 Å². The van der Waals surface area contributed by atoms with Gasteiger partial charge in [0.1, 0.15) is 23.5 Å². The number of hydrogen-bond donors (Lipinski definition) is 0. The number of aromatic nitrogens is 5. The summed E-state index contributed by atoms with van der Waals surface area (Å²) in [5, 5.41) is 0. The third kappa shape index (κ3) is 5.08. The monoisotopic (exact) mass is 468 g/mol. The molecule has 0 unspecified atom stereocenters. The number of benzene rings is 1. The van der Waals surface area contributed by atoms with Gasteiger partial charge in [0, 0.05) is 55.6 Å². The van der Waals surface area contributed by atoms with Crippen LogP contribution in [0.25, 0.3) is 11.3 Å². The van der Waals surface area contributed by atoms with Gasteiger partial charge in [-0.15, -0.1) is 0 Å². The van der Waals surface area contributed by atoms with E-state index >= 15 is 0 Å². The Balaban J connectivity index is 1.30. The van der Waals surface area contributed by atoms with Gasteiger partial charge in [-0.25, -0.2) is 15.0 Å². The fraction of sp³-hybridized carbons (Fsp3) is 0.231. The summed E-state index contributed by atoms with van der Waals surface area (Å²) in [7, 11) is 1.62. The predicted molar refractivity (Wildman–Crippen MR) is 128 cm³/mol. The van der Waals surface area contributed by atoms with Crippen LogP contribution in [-0.2, 0) is 0 Å². The Bertz CT molecular complexity index is 1280. The topological polar surface area (TPSA) is 103 Å². The molecule has 1 aliphatic heterocycles. The normalized spacial score (nSPS) is 15.5. The highest BCUT2D eigenvalue weighted by Crippen LogP contribution is 2.33. The average molecular weight is 469 g/mol. The van der Waals surface area contributed by atoms with Crippen LogP contribution in [0, 0.1) is 0 Å². The smallest absolute Gasteiger partial charge is 0.255 e. The minimum atomic E-state index is -0.0559. The summed E-state index contributed by atoms with van der Waals surface area (Å²) < 4.78 is 11.3. The van der Waals surface area contributed by atoms with E-state index in [9.17, 15) is 4.79 Å². The molecule has 1 saturated heterocycles. The first-order chi connectivity index (χ1) is 17.2. The Morgan fingerprint density at radius 1 is 0.943 bits per heavy atom. The van der Waals surface area contributed by atoms with E-state index < -0.39 is 0 Å². The van der Waals surface area contributed by atoms with Crippen LogP contribution in [0.5, 0.6) is 17.4 Å². The predicted octanol–water partition coefficient (Wildman–Crippen LogP) is 4.15. The molecule has 1 fully saturated rings. The van der Waals surface area contributed by atoms with Gasteiger partial charge in [-0.2, -0.15) is 0 Å². The van der Waals surface area contributed by atoms with Crippen LogP contribution in [-0.4, -0.2) is 55.9 Å². The number of carbonyl (C=O) groups is 1. The van der Waals surface area contributed by atoms with Gasteiger partial charge >= 0.3 is 0 Å². The van der Waals surface area contributed by atoms with E-state index in [-0.39, 0.29) is 11.8 Å². The molecule has 0 bridgehead atoms. The van der Waals surface area contributed by atoms with Gasteiger partial charge in [-0.3, -0.25) is 14.8 Å². The lowest BCUT2D eigenvalue weighted by Crippen LogP contribution is -2.39. The molecule has 5 rings (SSSR count).